The first kappa shape index (κ1) is 8.67. The van der Waals surface area contributed by atoms with Gasteiger partial charge in [-0.1, -0.05) is 0 Å². The Morgan fingerprint density at radius 1 is 0.727 bits per heavy atom. The second-order valence-electron chi connectivity index (χ2n) is 2.44. The van der Waals surface area contributed by atoms with E-state index in [4.69, 9.17) is 19.1 Å². The number of nitrogens with one attached hydrogen (secondary N) is 4. The zero-order valence-electron chi connectivity index (χ0n) is 5.90. The van der Waals surface area contributed by atoms with Gasteiger partial charge in [-0.2, -0.15) is 0 Å². The van der Waals surface area contributed by atoms with Crippen LogP contribution in [0.3, 0.4) is 0 Å². The van der Waals surface area contributed by atoms with E-state index in [1.165, 1.54) is 0 Å². The summed E-state index contributed by atoms with van der Waals surface area (Å²) < 4.78 is 12.6. The van der Waals surface area contributed by atoms with Crippen LogP contribution in [0.4, 0.5) is 0 Å². The van der Waals surface area contributed by atoms with Gasteiger partial charge in [0.15, 0.2) is 0 Å². The fourth-order valence-corrected chi connectivity index (χ4v) is 9.39. The first-order chi connectivity index (χ1) is 4.97. The molecule has 0 aromatic carbocycles. The van der Waals surface area contributed by atoms with E-state index in [1.54, 1.807) is 0 Å². The summed E-state index contributed by atoms with van der Waals surface area (Å²) in [7, 11) is 12.8. The van der Waals surface area contributed by atoms with E-state index in [9.17, 15) is 0 Å². The molecule has 0 amide bonds. The molecule has 4 N–H and O–H groups in total. The summed E-state index contributed by atoms with van der Waals surface area (Å²) in [6, 6.07) is 0. The van der Waals surface area contributed by atoms with Crippen molar-refractivity contribution in [3.63, 3.8) is 0 Å². The van der Waals surface area contributed by atoms with Crippen LogP contribution in [-0.2, 0) is 12.0 Å². The van der Waals surface area contributed by atoms with E-state index in [2.05, 4.69) is 15.8 Å². The molecule has 0 saturated carbocycles. The summed E-state index contributed by atoms with van der Waals surface area (Å²) >= 11 is -3.95. The van der Waals surface area contributed by atoms with Gasteiger partial charge in [0.25, 0.3) is 0 Å². The molecule has 0 atom stereocenters. The molecule has 0 aromatic rings. The third-order valence-electron chi connectivity index (χ3n) is 1.58. The van der Waals surface area contributed by atoms with Gasteiger partial charge in [0.1, 0.15) is 0 Å². The SMILES string of the molecule is [Cl][Pd]12([Cl])([NH]CC[NH]1)[NH]CC[NH]2. The van der Waals surface area contributed by atoms with Gasteiger partial charge in [-0.15, -0.1) is 0 Å². The summed E-state index contributed by atoms with van der Waals surface area (Å²) in [6.45, 7) is 3.22. The first-order valence-electron chi connectivity index (χ1n) is 3.29. The summed E-state index contributed by atoms with van der Waals surface area (Å²) in [5.74, 6) is 0. The molecule has 0 unspecified atom stereocenters. The van der Waals surface area contributed by atoms with Crippen LogP contribution in [0.25, 0.3) is 0 Å². The molecule has 7 heteroatoms. The van der Waals surface area contributed by atoms with Crippen LogP contribution in [0.1, 0.15) is 0 Å². The summed E-state index contributed by atoms with van der Waals surface area (Å²) in [5, 5.41) is 0. The monoisotopic (exact) mass is 292 g/mol. The Balaban J connectivity index is 2.41. The van der Waals surface area contributed by atoms with Crippen molar-refractivity contribution in [3.05, 3.63) is 0 Å². The van der Waals surface area contributed by atoms with Crippen LogP contribution in [-0.4, -0.2) is 26.2 Å². The summed E-state index contributed by atoms with van der Waals surface area (Å²) in [6.07, 6.45) is 0. The Hall–Kier alpha value is 1.08. The number of hydrogen-bond donors (Lipinski definition) is 4. The Morgan fingerprint density at radius 2 is 1.00 bits per heavy atom. The van der Waals surface area contributed by atoms with Gasteiger partial charge >= 0.3 is 73.1 Å². The van der Waals surface area contributed by atoms with Gasteiger partial charge in [-0.3, -0.25) is 0 Å². The Kier molecular flexibility index (Phi) is 1.53. The second-order valence-corrected chi connectivity index (χ2v) is 17.3. The van der Waals surface area contributed by atoms with Gasteiger partial charge in [-0.25, -0.2) is 0 Å². The van der Waals surface area contributed by atoms with Crippen LogP contribution in [0.2, 0.25) is 0 Å². The molecule has 0 bridgehead atoms. The molecule has 2 fully saturated rings. The fourth-order valence-electron chi connectivity index (χ4n) is 1.11. The maximum absolute atomic E-state index is 6.40. The van der Waals surface area contributed by atoms with E-state index in [0.29, 0.717) is 0 Å². The van der Waals surface area contributed by atoms with Crippen LogP contribution in [0.15, 0.2) is 0 Å². The standard InChI is InChI=1S/2C2H6N2.2ClH.Pd/c2*3-1-2-4;;;/h2*3-4H,1-2H2;2*1H;/q2*-2;;;+6/p-2. The zero-order chi connectivity index (χ0) is 8.07. The molecule has 2 aliphatic rings. The molecule has 4 nitrogen and oxygen atoms in total. The molecule has 2 heterocycles. The predicted molar refractivity (Wildman–Crippen MR) is 43.7 cm³/mol. The zero-order valence-corrected chi connectivity index (χ0v) is 8.97. The molecule has 11 heavy (non-hydrogen) atoms. The minimum atomic E-state index is -3.95. The average molecular weight is 293 g/mol. The number of hydrogen-bond acceptors (Lipinski definition) is 4. The van der Waals surface area contributed by atoms with Crippen LogP contribution in [0.5, 0.6) is 0 Å². The van der Waals surface area contributed by atoms with Crippen LogP contribution < -0.4 is 15.8 Å². The van der Waals surface area contributed by atoms with Gasteiger partial charge in [-0.05, 0) is 0 Å². The molecular formula is C4H12Cl2N4Pd. The molecule has 2 saturated heterocycles. The average Bonchev–Trinajstić information content (AvgIpc) is 2.41. The van der Waals surface area contributed by atoms with Crippen molar-refractivity contribution in [3.8, 4) is 0 Å². The molecule has 1 spiro atoms. The molecule has 0 aliphatic carbocycles. The van der Waals surface area contributed by atoms with Crippen molar-refractivity contribution >= 4 is 19.1 Å². The van der Waals surface area contributed by atoms with Gasteiger partial charge in [0, 0.05) is 0 Å². The van der Waals surface area contributed by atoms with E-state index in [-0.39, 0.29) is 0 Å². The van der Waals surface area contributed by atoms with Crippen molar-refractivity contribution < 1.29 is 12.0 Å². The quantitative estimate of drug-likeness (QED) is 0.458. The fraction of sp³-hybridized carbons (Fsp3) is 1.00. The first-order valence-corrected chi connectivity index (χ1v) is 10.4. The summed E-state index contributed by atoms with van der Waals surface area (Å²) in [5.41, 5.74) is 0. The van der Waals surface area contributed by atoms with Crippen molar-refractivity contribution in [1.29, 1.82) is 0 Å². The van der Waals surface area contributed by atoms with Gasteiger partial charge in [0.05, 0.1) is 0 Å². The normalized spacial score (nSPS) is 44.2. The number of halogens is 2. The second kappa shape index (κ2) is 1.94. The third kappa shape index (κ3) is 1.25. The number of rotatable bonds is 0. The summed E-state index contributed by atoms with van der Waals surface area (Å²) in [4.78, 5) is 0. The van der Waals surface area contributed by atoms with E-state index < -0.39 is 12.0 Å². The maximum atomic E-state index is 6.40. The van der Waals surface area contributed by atoms with E-state index >= 15 is 0 Å². The van der Waals surface area contributed by atoms with Crippen molar-refractivity contribution in [2.75, 3.05) is 26.2 Å². The van der Waals surface area contributed by atoms with Gasteiger partial charge in [0.2, 0.25) is 0 Å². The van der Waals surface area contributed by atoms with E-state index in [1.807, 2.05) is 0 Å². The van der Waals surface area contributed by atoms with Crippen molar-refractivity contribution in [1.82, 2.24) is 15.8 Å². The molecular weight excluding hydrogens is 281 g/mol. The van der Waals surface area contributed by atoms with E-state index in [0.717, 1.165) is 26.2 Å². The minimum absolute atomic E-state index is 0.806. The molecule has 2 aliphatic heterocycles. The van der Waals surface area contributed by atoms with Crippen LogP contribution >= 0.6 is 19.1 Å². The van der Waals surface area contributed by atoms with Gasteiger partial charge < -0.3 is 0 Å². The molecule has 72 valence electrons. The Labute approximate surface area is 73.0 Å². The Bertz CT molecular complexity index is 173. The predicted octanol–water partition coefficient (Wildman–Crippen LogP) is -0.435. The third-order valence-corrected chi connectivity index (χ3v) is 12.1. The topological polar surface area (TPSA) is 48.1 Å². The van der Waals surface area contributed by atoms with Crippen LogP contribution in [0, 0.1) is 0 Å². The van der Waals surface area contributed by atoms with Crippen molar-refractivity contribution in [2.24, 2.45) is 0 Å². The molecule has 0 radical (unpaired) electrons. The molecule has 0 aromatic heterocycles. The van der Waals surface area contributed by atoms with Crippen molar-refractivity contribution in [2.45, 2.75) is 0 Å². The Morgan fingerprint density at radius 3 is 1.27 bits per heavy atom. The molecule has 2 rings (SSSR count).